The van der Waals surface area contributed by atoms with E-state index < -0.39 is 0 Å². The van der Waals surface area contributed by atoms with Gasteiger partial charge in [-0.25, -0.2) is 0 Å². The summed E-state index contributed by atoms with van der Waals surface area (Å²) in [4.78, 5) is 15.8. The first kappa shape index (κ1) is 10.1. The lowest BCUT2D eigenvalue weighted by atomic mass is 10.3. The number of para-hydroxylation sites is 1. The van der Waals surface area contributed by atoms with Crippen LogP contribution in [0.2, 0.25) is 0 Å². The number of hydrogen-bond donors (Lipinski definition) is 0. The molecule has 0 aliphatic rings. The molecule has 1 heterocycles. The molecule has 0 amide bonds. The maximum atomic E-state index is 11.9. The lowest BCUT2D eigenvalue weighted by Gasteiger charge is -2.05. The van der Waals surface area contributed by atoms with Crippen LogP contribution in [0.5, 0.6) is 0 Å². The highest BCUT2D eigenvalue weighted by Crippen LogP contribution is 2.03. The molecule has 1 aromatic heterocycles. The van der Waals surface area contributed by atoms with Crippen LogP contribution in [-0.2, 0) is 6.42 Å². The Kier molecular flexibility index (Phi) is 2.79. The summed E-state index contributed by atoms with van der Waals surface area (Å²) in [5.41, 5.74) is 0.804. The summed E-state index contributed by atoms with van der Waals surface area (Å²) in [6.45, 7) is 0. The highest BCUT2D eigenvalue weighted by molar-refractivity contribution is 5.31. The van der Waals surface area contributed by atoms with E-state index in [9.17, 15) is 4.79 Å². The van der Waals surface area contributed by atoms with Gasteiger partial charge in [-0.15, -0.1) is 0 Å². The number of nitrogens with zero attached hydrogens (tertiary/aromatic N) is 3. The molecule has 78 valence electrons. The monoisotopic (exact) mass is 211 g/mol. The average Bonchev–Trinajstić information content (AvgIpc) is 2.33. The Bertz CT molecular complexity index is 581. The molecule has 2 aromatic rings. The quantitative estimate of drug-likeness (QED) is 0.752. The predicted octanol–water partition coefficient (Wildman–Crippen LogP) is 1.30. The standard InChI is InChI=1S/C12H9N3O/c13-7-6-11-12(16)15(9-8-14-11)10-4-2-1-3-5-10/h1-5,8-9H,6H2. The van der Waals surface area contributed by atoms with Gasteiger partial charge >= 0.3 is 0 Å². The molecule has 2 rings (SSSR count). The molecule has 0 saturated carbocycles. The van der Waals surface area contributed by atoms with Crippen molar-refractivity contribution in [1.29, 1.82) is 5.26 Å². The van der Waals surface area contributed by atoms with Gasteiger partial charge in [-0.05, 0) is 12.1 Å². The molecule has 1 aromatic carbocycles. The molecule has 0 spiro atoms. The Morgan fingerprint density at radius 1 is 1.31 bits per heavy atom. The van der Waals surface area contributed by atoms with E-state index >= 15 is 0 Å². The molecular formula is C12H9N3O. The van der Waals surface area contributed by atoms with Crippen molar-refractivity contribution in [3.05, 3.63) is 58.8 Å². The number of aromatic nitrogens is 2. The molecule has 0 aliphatic carbocycles. The lowest BCUT2D eigenvalue weighted by molar-refractivity contribution is 0.905. The van der Waals surface area contributed by atoms with Crippen molar-refractivity contribution in [2.75, 3.05) is 0 Å². The lowest BCUT2D eigenvalue weighted by Crippen LogP contribution is -2.22. The molecule has 0 fully saturated rings. The van der Waals surface area contributed by atoms with Crippen molar-refractivity contribution >= 4 is 0 Å². The fourth-order valence-corrected chi connectivity index (χ4v) is 1.44. The van der Waals surface area contributed by atoms with Crippen LogP contribution in [0, 0.1) is 11.3 Å². The largest absolute Gasteiger partial charge is 0.281 e. The smallest absolute Gasteiger partial charge is 0.277 e. The Labute approximate surface area is 92.4 Å². The van der Waals surface area contributed by atoms with Crippen molar-refractivity contribution in [3.63, 3.8) is 0 Å². The summed E-state index contributed by atoms with van der Waals surface area (Å²) in [5, 5.41) is 8.57. The molecule has 0 unspecified atom stereocenters. The van der Waals surface area contributed by atoms with Gasteiger partial charge in [-0.1, -0.05) is 18.2 Å². The maximum Gasteiger partial charge on any atom is 0.277 e. The van der Waals surface area contributed by atoms with Crippen LogP contribution in [-0.4, -0.2) is 9.55 Å². The minimum Gasteiger partial charge on any atom is -0.281 e. The second kappa shape index (κ2) is 4.41. The zero-order valence-electron chi connectivity index (χ0n) is 8.50. The highest BCUT2D eigenvalue weighted by Gasteiger charge is 2.04. The summed E-state index contributed by atoms with van der Waals surface area (Å²) >= 11 is 0. The van der Waals surface area contributed by atoms with Gasteiger partial charge in [0.15, 0.2) is 0 Å². The SMILES string of the molecule is N#CCc1nccn(-c2ccccc2)c1=O. The summed E-state index contributed by atoms with van der Waals surface area (Å²) in [7, 11) is 0. The van der Waals surface area contributed by atoms with E-state index in [1.807, 2.05) is 36.4 Å². The minimum absolute atomic E-state index is 0.0342. The maximum absolute atomic E-state index is 11.9. The van der Waals surface area contributed by atoms with E-state index in [0.29, 0.717) is 0 Å². The molecular weight excluding hydrogens is 202 g/mol. The van der Waals surface area contributed by atoms with Crippen LogP contribution in [0.4, 0.5) is 0 Å². The first-order chi connectivity index (χ1) is 7.83. The van der Waals surface area contributed by atoms with E-state index in [1.165, 1.54) is 10.8 Å². The van der Waals surface area contributed by atoms with Crippen LogP contribution in [0.1, 0.15) is 5.69 Å². The topological polar surface area (TPSA) is 58.7 Å². The van der Waals surface area contributed by atoms with Gasteiger partial charge in [-0.3, -0.25) is 14.3 Å². The second-order valence-corrected chi connectivity index (χ2v) is 3.22. The highest BCUT2D eigenvalue weighted by atomic mass is 16.1. The van der Waals surface area contributed by atoms with E-state index in [-0.39, 0.29) is 17.7 Å². The van der Waals surface area contributed by atoms with Gasteiger partial charge in [0, 0.05) is 18.1 Å². The molecule has 0 N–H and O–H groups in total. The van der Waals surface area contributed by atoms with E-state index in [1.54, 1.807) is 6.20 Å². The van der Waals surface area contributed by atoms with Gasteiger partial charge in [0.05, 0.1) is 12.5 Å². The fraction of sp³-hybridized carbons (Fsp3) is 0.0833. The van der Waals surface area contributed by atoms with Gasteiger partial charge in [0.1, 0.15) is 5.69 Å². The molecule has 0 bridgehead atoms. The van der Waals surface area contributed by atoms with Crippen molar-refractivity contribution in [1.82, 2.24) is 9.55 Å². The van der Waals surface area contributed by atoms with Crippen LogP contribution in [0.3, 0.4) is 0 Å². The third-order valence-electron chi connectivity index (χ3n) is 2.19. The van der Waals surface area contributed by atoms with Crippen molar-refractivity contribution in [2.24, 2.45) is 0 Å². The van der Waals surface area contributed by atoms with Gasteiger partial charge in [-0.2, -0.15) is 5.26 Å². The van der Waals surface area contributed by atoms with E-state index in [4.69, 9.17) is 5.26 Å². The van der Waals surface area contributed by atoms with E-state index in [0.717, 1.165) is 5.69 Å². The summed E-state index contributed by atoms with van der Waals surface area (Å²) in [5.74, 6) is 0. The molecule has 4 nitrogen and oxygen atoms in total. The first-order valence-corrected chi connectivity index (χ1v) is 4.82. The third kappa shape index (κ3) is 1.84. The molecule has 4 heteroatoms. The predicted molar refractivity (Wildman–Crippen MR) is 59.2 cm³/mol. The molecule has 0 aliphatic heterocycles. The zero-order valence-corrected chi connectivity index (χ0v) is 8.50. The normalized spacial score (nSPS) is 9.69. The fourth-order valence-electron chi connectivity index (χ4n) is 1.44. The Morgan fingerprint density at radius 3 is 2.75 bits per heavy atom. The van der Waals surface area contributed by atoms with E-state index in [2.05, 4.69) is 4.98 Å². The van der Waals surface area contributed by atoms with Crippen LogP contribution in [0.25, 0.3) is 5.69 Å². The Balaban J connectivity index is 2.56. The number of benzene rings is 1. The van der Waals surface area contributed by atoms with Crippen molar-refractivity contribution in [3.8, 4) is 11.8 Å². The first-order valence-electron chi connectivity index (χ1n) is 4.82. The van der Waals surface area contributed by atoms with Gasteiger partial charge in [0.2, 0.25) is 0 Å². The minimum atomic E-state index is -0.241. The second-order valence-electron chi connectivity index (χ2n) is 3.22. The summed E-state index contributed by atoms with van der Waals surface area (Å²) in [6, 6.07) is 11.2. The summed E-state index contributed by atoms with van der Waals surface area (Å²) < 4.78 is 1.49. The van der Waals surface area contributed by atoms with Crippen LogP contribution < -0.4 is 5.56 Å². The summed E-state index contributed by atoms with van der Waals surface area (Å²) in [6.07, 6.45) is 3.16. The van der Waals surface area contributed by atoms with Gasteiger partial charge < -0.3 is 0 Å². The molecule has 16 heavy (non-hydrogen) atoms. The average molecular weight is 211 g/mol. The Hall–Kier alpha value is -2.41. The number of rotatable bonds is 2. The zero-order chi connectivity index (χ0) is 11.4. The molecule has 0 saturated heterocycles. The third-order valence-corrected chi connectivity index (χ3v) is 2.19. The Morgan fingerprint density at radius 2 is 2.06 bits per heavy atom. The van der Waals surface area contributed by atoms with Crippen LogP contribution in [0.15, 0.2) is 47.5 Å². The van der Waals surface area contributed by atoms with Gasteiger partial charge in [0.25, 0.3) is 5.56 Å². The van der Waals surface area contributed by atoms with Crippen LogP contribution >= 0.6 is 0 Å². The number of hydrogen-bond acceptors (Lipinski definition) is 3. The van der Waals surface area contributed by atoms with Crippen molar-refractivity contribution in [2.45, 2.75) is 6.42 Å². The molecule has 0 atom stereocenters. The molecule has 0 radical (unpaired) electrons. The number of nitriles is 1. The van der Waals surface area contributed by atoms with Crippen molar-refractivity contribution < 1.29 is 0 Å².